The van der Waals surface area contributed by atoms with E-state index in [2.05, 4.69) is 13.8 Å². The van der Waals surface area contributed by atoms with E-state index in [4.69, 9.17) is 14.2 Å². The molecule has 0 spiro atoms. The molecule has 0 unspecified atom stereocenters. The summed E-state index contributed by atoms with van der Waals surface area (Å²) in [7, 11) is 0. The van der Waals surface area contributed by atoms with Gasteiger partial charge >= 0.3 is 0 Å². The number of fused-ring (bicyclic) bond motifs is 4. The number of ether oxygens (including phenoxy) is 3. The van der Waals surface area contributed by atoms with E-state index in [1.54, 1.807) is 6.07 Å². The fourth-order valence-corrected chi connectivity index (χ4v) is 5.07. The van der Waals surface area contributed by atoms with Crippen molar-refractivity contribution >= 4 is 0 Å². The van der Waals surface area contributed by atoms with Gasteiger partial charge in [-0.3, -0.25) is 0 Å². The summed E-state index contributed by atoms with van der Waals surface area (Å²) >= 11 is 0. The Morgan fingerprint density at radius 2 is 1.46 bits per heavy atom. The van der Waals surface area contributed by atoms with Gasteiger partial charge in [-0.25, -0.2) is 0 Å². The monoisotopic (exact) mass is 382 g/mol. The zero-order valence-electron chi connectivity index (χ0n) is 17.1. The number of rotatable bonds is 0. The third kappa shape index (κ3) is 2.00. The normalized spacial score (nSPS) is 29.4. The van der Waals surface area contributed by atoms with Crippen LogP contribution in [0.5, 0.6) is 28.7 Å². The smallest absolute Gasteiger partial charge is 0.179 e. The van der Waals surface area contributed by atoms with Crippen LogP contribution in [0.1, 0.15) is 79.0 Å². The lowest BCUT2D eigenvalue weighted by Gasteiger charge is -2.41. The van der Waals surface area contributed by atoms with Crippen LogP contribution in [0.15, 0.2) is 6.07 Å². The Morgan fingerprint density at radius 1 is 0.786 bits per heavy atom. The first kappa shape index (κ1) is 17.7. The van der Waals surface area contributed by atoms with Crippen LogP contribution in [0.2, 0.25) is 0 Å². The van der Waals surface area contributed by atoms with Gasteiger partial charge < -0.3 is 24.4 Å². The van der Waals surface area contributed by atoms with Crippen LogP contribution in [0.4, 0.5) is 0 Å². The first-order valence-corrected chi connectivity index (χ1v) is 9.97. The van der Waals surface area contributed by atoms with E-state index in [1.807, 2.05) is 27.7 Å². The van der Waals surface area contributed by atoms with Gasteiger partial charge in [0.05, 0.1) is 11.7 Å². The maximum absolute atomic E-state index is 11.2. The van der Waals surface area contributed by atoms with Crippen LogP contribution >= 0.6 is 0 Å². The highest BCUT2D eigenvalue weighted by Gasteiger charge is 2.46. The van der Waals surface area contributed by atoms with E-state index < -0.39 is 6.10 Å². The predicted molar refractivity (Wildman–Crippen MR) is 105 cm³/mol. The molecular weight excluding hydrogens is 356 g/mol. The SMILES string of the molecule is Cc1c(O)c2c(c3c1[C@H](C)[C@H](C)O3)Oc1cc(O)c(C)c3c1[C@H]2O[C@H](C)[C@H]3C. The molecule has 2 aromatic carbocycles. The minimum Gasteiger partial charge on any atom is -0.508 e. The fourth-order valence-electron chi connectivity index (χ4n) is 5.07. The van der Waals surface area contributed by atoms with Crippen molar-refractivity contribution in [2.24, 2.45) is 0 Å². The second kappa shape index (κ2) is 5.57. The van der Waals surface area contributed by atoms with E-state index in [1.165, 1.54) is 0 Å². The van der Waals surface area contributed by atoms with Gasteiger partial charge in [0.15, 0.2) is 11.5 Å². The zero-order chi connectivity index (χ0) is 20.1. The maximum Gasteiger partial charge on any atom is 0.179 e. The van der Waals surface area contributed by atoms with Gasteiger partial charge in [0, 0.05) is 29.0 Å². The molecule has 148 valence electrons. The van der Waals surface area contributed by atoms with Crippen molar-refractivity contribution in [3.05, 3.63) is 39.4 Å². The molecular formula is C23H26O5. The van der Waals surface area contributed by atoms with Crippen molar-refractivity contribution in [2.45, 2.75) is 71.7 Å². The molecule has 3 aliphatic rings. The molecule has 0 fully saturated rings. The molecule has 3 heterocycles. The predicted octanol–water partition coefficient (Wildman–Crippen LogP) is 5.32. The molecule has 0 bridgehead atoms. The molecule has 0 aliphatic carbocycles. The van der Waals surface area contributed by atoms with Crippen LogP contribution in [-0.4, -0.2) is 22.4 Å². The highest BCUT2D eigenvalue weighted by molar-refractivity contribution is 5.72. The van der Waals surface area contributed by atoms with Crippen LogP contribution in [0.25, 0.3) is 0 Å². The number of hydrogen-bond donors (Lipinski definition) is 2. The van der Waals surface area contributed by atoms with Crippen LogP contribution < -0.4 is 9.47 Å². The Balaban J connectivity index is 1.84. The van der Waals surface area contributed by atoms with Crippen molar-refractivity contribution in [3.63, 3.8) is 0 Å². The topological polar surface area (TPSA) is 68.2 Å². The minimum absolute atomic E-state index is 0.00204. The summed E-state index contributed by atoms with van der Waals surface area (Å²) in [6.45, 7) is 12.1. The number of aromatic hydroxyl groups is 2. The van der Waals surface area contributed by atoms with E-state index >= 15 is 0 Å². The Hall–Kier alpha value is -2.40. The van der Waals surface area contributed by atoms with Crippen LogP contribution in [0, 0.1) is 13.8 Å². The highest BCUT2D eigenvalue weighted by Crippen LogP contribution is 2.62. The first-order valence-electron chi connectivity index (χ1n) is 9.97. The molecule has 2 N–H and O–H groups in total. The van der Waals surface area contributed by atoms with E-state index in [0.29, 0.717) is 22.8 Å². The number of benzene rings is 2. The van der Waals surface area contributed by atoms with Crippen LogP contribution in [-0.2, 0) is 4.74 Å². The van der Waals surface area contributed by atoms with Crippen molar-refractivity contribution in [1.82, 2.24) is 0 Å². The Bertz CT molecular complexity index is 1020. The lowest BCUT2D eigenvalue weighted by molar-refractivity contribution is -0.0139. The fraction of sp³-hybridized carbons (Fsp3) is 0.478. The average Bonchev–Trinajstić information content (AvgIpc) is 2.95. The molecule has 0 radical (unpaired) electrons. The Labute approximate surface area is 164 Å². The van der Waals surface area contributed by atoms with Gasteiger partial charge in [0.1, 0.15) is 29.5 Å². The van der Waals surface area contributed by atoms with Crippen LogP contribution in [0.3, 0.4) is 0 Å². The number of phenolic OH excluding ortho intramolecular Hbond substituents is 2. The molecule has 2 aromatic rings. The molecule has 28 heavy (non-hydrogen) atoms. The summed E-state index contributed by atoms with van der Waals surface area (Å²) in [6.07, 6.45) is -0.514. The molecule has 0 saturated heterocycles. The molecule has 5 rings (SSSR count). The second-order valence-corrected chi connectivity index (χ2v) is 8.53. The molecule has 5 atom stereocenters. The molecule has 0 saturated carbocycles. The Kier molecular flexibility index (Phi) is 3.52. The largest absolute Gasteiger partial charge is 0.508 e. The molecule has 0 aromatic heterocycles. The molecule has 0 amide bonds. The van der Waals surface area contributed by atoms with Crippen molar-refractivity contribution < 1.29 is 24.4 Å². The van der Waals surface area contributed by atoms with E-state index in [0.717, 1.165) is 27.8 Å². The quantitative estimate of drug-likeness (QED) is 0.646. The third-order valence-corrected chi connectivity index (χ3v) is 7.03. The standard InChI is InChI=1S/C23H26O5/c1-8-12(5)26-21-18-15(7-14(24)10(3)16(8)18)28-23-19(21)20(25)11(4)17-9(2)13(6)27-22(17)23/h7-9,12-13,21,24-25H,1-6H3/t8-,9-,12-,13+,21-/m1/s1. The van der Waals surface area contributed by atoms with Gasteiger partial charge in [-0.1, -0.05) is 13.8 Å². The van der Waals surface area contributed by atoms with Crippen molar-refractivity contribution in [3.8, 4) is 28.7 Å². The second-order valence-electron chi connectivity index (χ2n) is 8.53. The lowest BCUT2D eigenvalue weighted by Crippen LogP contribution is -2.31. The van der Waals surface area contributed by atoms with E-state index in [-0.39, 0.29) is 35.5 Å². The zero-order valence-corrected chi connectivity index (χ0v) is 17.1. The van der Waals surface area contributed by atoms with E-state index in [9.17, 15) is 10.2 Å². The highest BCUT2D eigenvalue weighted by atomic mass is 16.5. The molecule has 5 heteroatoms. The third-order valence-electron chi connectivity index (χ3n) is 7.03. The summed E-state index contributed by atoms with van der Waals surface area (Å²) in [4.78, 5) is 0. The molecule has 5 nitrogen and oxygen atoms in total. The van der Waals surface area contributed by atoms with Gasteiger partial charge in [-0.2, -0.15) is 0 Å². The minimum atomic E-state index is -0.446. The number of phenols is 2. The van der Waals surface area contributed by atoms with Gasteiger partial charge in [-0.05, 0) is 44.4 Å². The summed E-state index contributed by atoms with van der Waals surface area (Å²) < 4.78 is 18.9. The maximum atomic E-state index is 11.2. The summed E-state index contributed by atoms with van der Waals surface area (Å²) in [5, 5.41) is 21.7. The van der Waals surface area contributed by atoms with Gasteiger partial charge in [-0.15, -0.1) is 0 Å². The average molecular weight is 382 g/mol. The van der Waals surface area contributed by atoms with Crippen molar-refractivity contribution in [1.29, 1.82) is 0 Å². The number of hydrogen-bond acceptors (Lipinski definition) is 5. The molecule has 3 aliphatic heterocycles. The lowest BCUT2D eigenvalue weighted by atomic mass is 9.79. The Morgan fingerprint density at radius 3 is 2.18 bits per heavy atom. The van der Waals surface area contributed by atoms with Gasteiger partial charge in [0.25, 0.3) is 0 Å². The summed E-state index contributed by atoms with van der Waals surface area (Å²) in [5.74, 6) is 2.48. The summed E-state index contributed by atoms with van der Waals surface area (Å²) in [5.41, 5.74) is 5.24. The first-order chi connectivity index (χ1) is 13.2. The van der Waals surface area contributed by atoms with Gasteiger partial charge in [0.2, 0.25) is 0 Å². The van der Waals surface area contributed by atoms with Crippen molar-refractivity contribution in [2.75, 3.05) is 0 Å². The summed E-state index contributed by atoms with van der Waals surface area (Å²) in [6, 6.07) is 1.65.